The van der Waals surface area contributed by atoms with Crippen LogP contribution in [0.5, 0.6) is 5.75 Å². The Labute approximate surface area is 216 Å². The van der Waals surface area contributed by atoms with Crippen molar-refractivity contribution in [1.29, 1.82) is 0 Å². The highest BCUT2D eigenvalue weighted by Gasteiger charge is 2.35. The first-order valence-corrected chi connectivity index (χ1v) is 12.7. The van der Waals surface area contributed by atoms with E-state index in [-0.39, 0.29) is 18.4 Å². The highest BCUT2D eigenvalue weighted by Crippen LogP contribution is 2.31. The molecule has 0 aliphatic carbocycles. The van der Waals surface area contributed by atoms with Gasteiger partial charge in [-0.3, -0.25) is 19.3 Å². The first-order chi connectivity index (χ1) is 17.1. The first kappa shape index (κ1) is 26.9. The summed E-state index contributed by atoms with van der Waals surface area (Å²) in [7, 11) is 1.55. The van der Waals surface area contributed by atoms with Crippen molar-refractivity contribution in [1.82, 2.24) is 10.6 Å². The van der Waals surface area contributed by atoms with Gasteiger partial charge >= 0.3 is 0 Å². The van der Waals surface area contributed by atoms with E-state index >= 15 is 0 Å². The zero-order chi connectivity index (χ0) is 26.3. The van der Waals surface area contributed by atoms with Gasteiger partial charge in [0.25, 0.3) is 5.91 Å². The van der Waals surface area contributed by atoms with Crippen LogP contribution in [0.2, 0.25) is 0 Å². The van der Waals surface area contributed by atoms with Gasteiger partial charge in [-0.25, -0.2) is 0 Å². The van der Waals surface area contributed by atoms with E-state index in [1.807, 2.05) is 39.8 Å². The number of amides is 3. The summed E-state index contributed by atoms with van der Waals surface area (Å²) in [6.45, 7) is 7.55. The normalized spacial score (nSPS) is 11.9. The highest BCUT2D eigenvalue weighted by atomic mass is 32.1. The number of hydrogen-bond donors (Lipinski definition) is 2. The molecule has 2 N–H and O–H groups in total. The lowest BCUT2D eigenvalue weighted by atomic mass is 9.98. The topological polar surface area (TPSA) is 87.7 Å². The predicted molar refractivity (Wildman–Crippen MR) is 144 cm³/mol. The number of ether oxygens (including phenoxy) is 1. The second-order valence-corrected chi connectivity index (χ2v) is 10.1. The summed E-state index contributed by atoms with van der Waals surface area (Å²) in [5.41, 5.74) is 1.68. The average molecular weight is 508 g/mol. The summed E-state index contributed by atoms with van der Waals surface area (Å²) >= 11 is 1.30. The molecule has 1 heterocycles. The van der Waals surface area contributed by atoms with Crippen LogP contribution in [0.3, 0.4) is 0 Å². The number of methoxy groups -OCH3 is 1. The van der Waals surface area contributed by atoms with Gasteiger partial charge in [0, 0.05) is 11.2 Å². The number of thiophene rings is 1. The number of nitrogens with one attached hydrogen (secondary N) is 2. The molecule has 36 heavy (non-hydrogen) atoms. The molecule has 0 saturated carbocycles. The van der Waals surface area contributed by atoms with Gasteiger partial charge < -0.3 is 15.4 Å². The van der Waals surface area contributed by atoms with Gasteiger partial charge in [-0.15, -0.1) is 11.3 Å². The SMILES string of the molecule is CCC(C)(C)NC(=O)C(c1cccc(OC)c1)N(C(=O)CNC(=O)c1cccs1)c1ccc(C)cc1. The molecule has 3 aromatic rings. The highest BCUT2D eigenvalue weighted by molar-refractivity contribution is 7.12. The Morgan fingerprint density at radius 1 is 1.06 bits per heavy atom. The van der Waals surface area contributed by atoms with Gasteiger partial charge in [-0.1, -0.05) is 42.8 Å². The summed E-state index contributed by atoms with van der Waals surface area (Å²) in [6, 6.07) is 17.0. The monoisotopic (exact) mass is 507 g/mol. The van der Waals surface area contributed by atoms with Crippen LogP contribution in [0.25, 0.3) is 0 Å². The second-order valence-electron chi connectivity index (χ2n) is 9.17. The lowest BCUT2D eigenvalue weighted by Crippen LogP contribution is -2.52. The largest absolute Gasteiger partial charge is 0.497 e. The van der Waals surface area contributed by atoms with Crippen LogP contribution in [0.1, 0.15) is 54.0 Å². The Balaban J connectivity index is 2.04. The maximum Gasteiger partial charge on any atom is 0.261 e. The third kappa shape index (κ3) is 6.73. The number of rotatable bonds is 10. The Morgan fingerprint density at radius 2 is 1.78 bits per heavy atom. The molecule has 0 bridgehead atoms. The van der Waals surface area contributed by atoms with Gasteiger partial charge in [0.05, 0.1) is 18.5 Å². The minimum atomic E-state index is -0.986. The number of carbonyl (C=O) groups excluding carboxylic acids is 3. The molecule has 8 heteroatoms. The molecule has 1 aromatic heterocycles. The minimum Gasteiger partial charge on any atom is -0.497 e. The first-order valence-electron chi connectivity index (χ1n) is 11.8. The van der Waals surface area contributed by atoms with Crippen LogP contribution in [-0.2, 0) is 9.59 Å². The molecular formula is C28H33N3O4S. The second kappa shape index (κ2) is 11.9. The molecule has 0 saturated heterocycles. The third-order valence-electron chi connectivity index (χ3n) is 5.99. The van der Waals surface area contributed by atoms with E-state index in [1.165, 1.54) is 16.2 Å². The van der Waals surface area contributed by atoms with E-state index in [2.05, 4.69) is 10.6 Å². The number of carbonyl (C=O) groups is 3. The molecule has 0 aliphatic heterocycles. The lowest BCUT2D eigenvalue weighted by Gasteiger charge is -2.35. The Morgan fingerprint density at radius 3 is 2.39 bits per heavy atom. The summed E-state index contributed by atoms with van der Waals surface area (Å²) < 4.78 is 5.40. The van der Waals surface area contributed by atoms with Crippen LogP contribution in [0, 0.1) is 6.92 Å². The molecule has 0 spiro atoms. The fourth-order valence-electron chi connectivity index (χ4n) is 3.60. The summed E-state index contributed by atoms with van der Waals surface area (Å²) in [6.07, 6.45) is 0.707. The molecule has 0 fully saturated rings. The van der Waals surface area contributed by atoms with Crippen molar-refractivity contribution in [2.75, 3.05) is 18.6 Å². The van der Waals surface area contributed by atoms with Crippen LogP contribution in [-0.4, -0.2) is 36.9 Å². The van der Waals surface area contributed by atoms with Gasteiger partial charge in [-0.2, -0.15) is 0 Å². The van der Waals surface area contributed by atoms with Crippen molar-refractivity contribution < 1.29 is 19.1 Å². The third-order valence-corrected chi connectivity index (χ3v) is 6.86. The number of benzene rings is 2. The molecule has 3 rings (SSSR count). The van der Waals surface area contributed by atoms with Crippen molar-refractivity contribution >= 4 is 34.7 Å². The number of aryl methyl sites for hydroxylation is 1. The molecular weight excluding hydrogens is 474 g/mol. The summed E-state index contributed by atoms with van der Waals surface area (Å²) in [5.74, 6) is -0.506. The van der Waals surface area contributed by atoms with Crippen molar-refractivity contribution in [2.24, 2.45) is 0 Å². The van der Waals surface area contributed by atoms with E-state index in [0.717, 1.165) is 5.56 Å². The smallest absolute Gasteiger partial charge is 0.261 e. The van der Waals surface area contributed by atoms with Crippen molar-refractivity contribution in [3.63, 3.8) is 0 Å². The van der Waals surface area contributed by atoms with Crippen molar-refractivity contribution in [3.05, 3.63) is 82.0 Å². The summed E-state index contributed by atoms with van der Waals surface area (Å²) in [4.78, 5) is 42.0. The quantitative estimate of drug-likeness (QED) is 0.410. The zero-order valence-electron chi connectivity index (χ0n) is 21.3. The summed E-state index contributed by atoms with van der Waals surface area (Å²) in [5, 5.41) is 7.58. The molecule has 3 amide bonds. The van der Waals surface area contributed by atoms with E-state index in [4.69, 9.17) is 4.74 Å². The van der Waals surface area contributed by atoms with Gasteiger partial charge in [0.2, 0.25) is 11.8 Å². The van der Waals surface area contributed by atoms with E-state index in [9.17, 15) is 14.4 Å². The Kier molecular flexibility index (Phi) is 8.88. The van der Waals surface area contributed by atoms with Crippen molar-refractivity contribution in [3.8, 4) is 5.75 Å². The molecule has 7 nitrogen and oxygen atoms in total. The van der Waals surface area contributed by atoms with Crippen LogP contribution in [0.15, 0.2) is 66.0 Å². The Hall–Kier alpha value is -3.65. The molecule has 190 valence electrons. The predicted octanol–water partition coefficient (Wildman–Crippen LogP) is 4.87. The van der Waals surface area contributed by atoms with E-state index in [0.29, 0.717) is 28.3 Å². The average Bonchev–Trinajstić information content (AvgIpc) is 3.41. The minimum absolute atomic E-state index is 0.268. The molecule has 0 aliphatic rings. The van der Waals surface area contributed by atoms with Gasteiger partial charge in [-0.05, 0) is 68.5 Å². The lowest BCUT2D eigenvalue weighted by molar-refractivity contribution is -0.127. The zero-order valence-corrected chi connectivity index (χ0v) is 22.1. The number of nitrogens with zero attached hydrogens (tertiary/aromatic N) is 1. The molecule has 1 unspecified atom stereocenters. The molecule has 0 radical (unpaired) electrons. The maximum atomic E-state index is 13.8. The van der Waals surface area contributed by atoms with Gasteiger partial charge in [0.1, 0.15) is 11.8 Å². The van der Waals surface area contributed by atoms with Gasteiger partial charge in [0.15, 0.2) is 0 Å². The number of hydrogen-bond acceptors (Lipinski definition) is 5. The molecule has 1 atom stereocenters. The standard InChI is InChI=1S/C28H33N3O4S/c1-6-28(3,4)30-27(34)25(20-9-7-10-22(17-20)35-5)31(21-14-12-19(2)13-15-21)24(32)18-29-26(33)23-11-8-16-36-23/h7-17,25H,6,18H2,1-5H3,(H,29,33)(H,30,34). The van der Waals surface area contributed by atoms with Crippen LogP contribution < -0.4 is 20.3 Å². The fraction of sp³-hybridized carbons (Fsp3) is 0.321. The van der Waals surface area contributed by atoms with E-state index < -0.39 is 17.5 Å². The van der Waals surface area contributed by atoms with Crippen LogP contribution in [0.4, 0.5) is 5.69 Å². The number of anilines is 1. The molecule has 2 aromatic carbocycles. The van der Waals surface area contributed by atoms with E-state index in [1.54, 1.807) is 61.0 Å². The maximum absolute atomic E-state index is 13.8. The fourth-order valence-corrected chi connectivity index (χ4v) is 4.24. The van der Waals surface area contributed by atoms with Crippen molar-refractivity contribution in [2.45, 2.75) is 45.7 Å². The van der Waals surface area contributed by atoms with Crippen LogP contribution >= 0.6 is 11.3 Å². The Bertz CT molecular complexity index is 1190.